The zero-order valence-electron chi connectivity index (χ0n) is 13.8. The summed E-state index contributed by atoms with van der Waals surface area (Å²) in [6.45, 7) is 7.92. The molecule has 0 aliphatic carbocycles. The number of rotatable bonds is 2. The van der Waals surface area contributed by atoms with E-state index in [2.05, 4.69) is 10.3 Å². The molecule has 5 nitrogen and oxygen atoms in total. The molecule has 1 aliphatic rings. The first kappa shape index (κ1) is 15.5. The van der Waals surface area contributed by atoms with Crippen LogP contribution in [0.3, 0.4) is 0 Å². The van der Waals surface area contributed by atoms with Gasteiger partial charge in [-0.2, -0.15) is 0 Å². The normalized spacial score (nSPS) is 19.5. The zero-order valence-corrected chi connectivity index (χ0v) is 13.8. The van der Waals surface area contributed by atoms with Crippen LogP contribution in [0.4, 0.5) is 0 Å². The van der Waals surface area contributed by atoms with Gasteiger partial charge >= 0.3 is 0 Å². The Hall–Kier alpha value is -2.43. The Bertz CT molecular complexity index is 862. The predicted octanol–water partition coefficient (Wildman–Crippen LogP) is 2.72. The monoisotopic (exact) mass is 311 g/mol. The van der Waals surface area contributed by atoms with E-state index in [1.165, 1.54) is 0 Å². The molecule has 0 saturated carbocycles. The van der Waals surface area contributed by atoms with Gasteiger partial charge in [-0.05, 0) is 24.0 Å². The van der Waals surface area contributed by atoms with Crippen LogP contribution in [0.2, 0.25) is 0 Å². The molecule has 0 saturated heterocycles. The fourth-order valence-electron chi connectivity index (χ4n) is 3.02. The second-order valence-corrected chi connectivity index (χ2v) is 6.63. The summed E-state index contributed by atoms with van der Waals surface area (Å²) in [7, 11) is 0. The topological polar surface area (TPSA) is 64.0 Å². The van der Waals surface area contributed by atoms with E-state index >= 15 is 0 Å². The van der Waals surface area contributed by atoms with Gasteiger partial charge in [0.25, 0.3) is 5.56 Å². The van der Waals surface area contributed by atoms with E-state index in [9.17, 15) is 9.59 Å². The summed E-state index contributed by atoms with van der Waals surface area (Å²) >= 11 is 0. The minimum absolute atomic E-state index is 0.00462. The smallest absolute Gasteiger partial charge is 0.262 e. The summed E-state index contributed by atoms with van der Waals surface area (Å²) in [4.78, 5) is 30.2. The number of carbonyl (C=O) groups is 1. The van der Waals surface area contributed by atoms with Crippen LogP contribution in [0.5, 0.6) is 0 Å². The highest BCUT2D eigenvalue weighted by Gasteiger charge is 2.34. The van der Waals surface area contributed by atoms with E-state index in [1.54, 1.807) is 10.6 Å². The number of nitrogens with zero attached hydrogens (tertiary/aromatic N) is 2. The molecule has 23 heavy (non-hydrogen) atoms. The lowest BCUT2D eigenvalue weighted by molar-refractivity contribution is -0.125. The Morgan fingerprint density at radius 2 is 1.87 bits per heavy atom. The first-order valence-corrected chi connectivity index (χ1v) is 7.94. The van der Waals surface area contributed by atoms with Crippen LogP contribution in [0.25, 0.3) is 16.6 Å². The number of allylic oxidation sites excluding steroid dienone is 1. The fraction of sp³-hybridized carbons (Fsp3) is 0.389. The molecule has 1 aromatic carbocycles. The third-order valence-electron chi connectivity index (χ3n) is 3.98. The molecule has 3 rings (SSSR count). The van der Waals surface area contributed by atoms with Gasteiger partial charge in [0.1, 0.15) is 6.04 Å². The van der Waals surface area contributed by atoms with Crippen molar-refractivity contribution in [2.45, 2.75) is 33.7 Å². The lowest BCUT2D eigenvalue weighted by Crippen LogP contribution is -2.46. The van der Waals surface area contributed by atoms with Gasteiger partial charge in [-0.15, -0.1) is 0 Å². The van der Waals surface area contributed by atoms with Gasteiger partial charge in [-0.3, -0.25) is 14.2 Å². The SMILES string of the molecule is CC(C)C=C1NC(=O)C(C(C)C)n2c1nc1ccccc1c2=O. The molecule has 1 amide bonds. The summed E-state index contributed by atoms with van der Waals surface area (Å²) in [6.07, 6.45) is 1.93. The van der Waals surface area contributed by atoms with Gasteiger partial charge < -0.3 is 5.32 Å². The highest BCUT2D eigenvalue weighted by Crippen LogP contribution is 2.27. The van der Waals surface area contributed by atoms with E-state index in [1.807, 2.05) is 52.0 Å². The Morgan fingerprint density at radius 3 is 2.52 bits per heavy atom. The first-order chi connectivity index (χ1) is 10.9. The maximum Gasteiger partial charge on any atom is 0.262 e. The number of amides is 1. The highest BCUT2D eigenvalue weighted by atomic mass is 16.2. The van der Waals surface area contributed by atoms with E-state index in [-0.39, 0.29) is 23.3 Å². The van der Waals surface area contributed by atoms with Crippen LogP contribution in [-0.2, 0) is 4.79 Å². The number of carbonyl (C=O) groups excluding carboxylic acids is 1. The molecule has 1 aliphatic heterocycles. The largest absolute Gasteiger partial charge is 0.321 e. The molecule has 1 atom stereocenters. The van der Waals surface area contributed by atoms with Crippen LogP contribution in [0, 0.1) is 11.8 Å². The molecule has 0 radical (unpaired) electrons. The van der Waals surface area contributed by atoms with Crippen LogP contribution in [0.15, 0.2) is 35.1 Å². The van der Waals surface area contributed by atoms with Gasteiger partial charge in [0.05, 0.1) is 16.6 Å². The molecule has 120 valence electrons. The van der Waals surface area contributed by atoms with Crippen molar-refractivity contribution in [2.75, 3.05) is 0 Å². The van der Waals surface area contributed by atoms with Crippen LogP contribution >= 0.6 is 0 Å². The lowest BCUT2D eigenvalue weighted by atomic mass is 9.99. The number of para-hydroxylation sites is 1. The van der Waals surface area contributed by atoms with Crippen molar-refractivity contribution in [1.29, 1.82) is 0 Å². The van der Waals surface area contributed by atoms with Crippen molar-refractivity contribution in [2.24, 2.45) is 11.8 Å². The Morgan fingerprint density at radius 1 is 1.17 bits per heavy atom. The summed E-state index contributed by atoms with van der Waals surface area (Å²) in [5.74, 6) is 0.618. The summed E-state index contributed by atoms with van der Waals surface area (Å²) in [5.41, 5.74) is 1.11. The molecule has 1 N–H and O–H groups in total. The van der Waals surface area contributed by atoms with Gasteiger partial charge in [0.2, 0.25) is 5.91 Å². The van der Waals surface area contributed by atoms with Crippen molar-refractivity contribution >= 4 is 22.5 Å². The van der Waals surface area contributed by atoms with E-state index < -0.39 is 6.04 Å². The van der Waals surface area contributed by atoms with Crippen molar-refractivity contribution in [1.82, 2.24) is 14.9 Å². The zero-order chi connectivity index (χ0) is 16.7. The second-order valence-electron chi connectivity index (χ2n) is 6.63. The standard InChI is InChI=1S/C18H21N3O2/c1-10(2)9-14-16-19-13-8-6-5-7-12(13)18(23)21(16)15(11(3)4)17(22)20-14/h5-11,15H,1-4H3,(H,20,22). The van der Waals surface area contributed by atoms with E-state index in [4.69, 9.17) is 0 Å². The van der Waals surface area contributed by atoms with Crippen molar-refractivity contribution in [3.63, 3.8) is 0 Å². The van der Waals surface area contributed by atoms with Crippen molar-refractivity contribution in [3.8, 4) is 0 Å². The Balaban J connectivity index is 2.39. The molecule has 1 aromatic heterocycles. The maximum absolute atomic E-state index is 13.0. The minimum atomic E-state index is -0.543. The molecular weight excluding hydrogens is 290 g/mol. The summed E-state index contributed by atoms with van der Waals surface area (Å²) in [6, 6.07) is 6.72. The predicted molar refractivity (Wildman–Crippen MR) is 90.8 cm³/mol. The number of benzene rings is 1. The quantitative estimate of drug-likeness (QED) is 0.927. The number of hydrogen-bond acceptors (Lipinski definition) is 3. The Kier molecular flexibility index (Phi) is 3.80. The average molecular weight is 311 g/mol. The molecule has 1 unspecified atom stereocenters. The molecule has 5 heteroatoms. The van der Waals surface area contributed by atoms with E-state index in [0.717, 1.165) is 0 Å². The number of aromatic nitrogens is 2. The third-order valence-corrected chi connectivity index (χ3v) is 3.98. The minimum Gasteiger partial charge on any atom is -0.321 e. The molecule has 0 bridgehead atoms. The van der Waals surface area contributed by atoms with Crippen LogP contribution < -0.4 is 10.9 Å². The van der Waals surface area contributed by atoms with Crippen molar-refractivity contribution in [3.05, 3.63) is 46.5 Å². The maximum atomic E-state index is 13.0. The number of nitrogens with one attached hydrogen (secondary N) is 1. The van der Waals surface area contributed by atoms with E-state index in [0.29, 0.717) is 22.4 Å². The molecular formula is C18H21N3O2. The summed E-state index contributed by atoms with van der Waals surface area (Å²) < 4.78 is 1.56. The molecule has 0 spiro atoms. The average Bonchev–Trinajstić information content (AvgIpc) is 2.47. The number of fused-ring (bicyclic) bond motifs is 2. The third kappa shape index (κ3) is 2.56. The van der Waals surface area contributed by atoms with Crippen LogP contribution in [0.1, 0.15) is 39.6 Å². The van der Waals surface area contributed by atoms with Crippen molar-refractivity contribution < 1.29 is 4.79 Å². The first-order valence-electron chi connectivity index (χ1n) is 7.94. The molecule has 2 aromatic rings. The van der Waals surface area contributed by atoms with Gasteiger partial charge in [0.15, 0.2) is 5.82 Å². The molecule has 2 heterocycles. The molecule has 0 fully saturated rings. The van der Waals surface area contributed by atoms with Gasteiger partial charge in [0, 0.05) is 0 Å². The highest BCUT2D eigenvalue weighted by molar-refractivity contribution is 5.93. The fourth-order valence-corrected chi connectivity index (χ4v) is 3.02. The van der Waals surface area contributed by atoms with Gasteiger partial charge in [-0.25, -0.2) is 4.98 Å². The van der Waals surface area contributed by atoms with Crippen LogP contribution in [-0.4, -0.2) is 15.5 Å². The Labute approximate surface area is 135 Å². The lowest BCUT2D eigenvalue weighted by Gasteiger charge is -2.31. The number of hydrogen-bond donors (Lipinski definition) is 1. The van der Waals surface area contributed by atoms with Gasteiger partial charge in [-0.1, -0.05) is 45.9 Å². The second kappa shape index (κ2) is 5.65. The summed E-state index contributed by atoms with van der Waals surface area (Å²) in [5, 5.41) is 3.47.